The molecular formula is C27H30N6O2. The van der Waals surface area contributed by atoms with Gasteiger partial charge in [0.2, 0.25) is 11.8 Å². The van der Waals surface area contributed by atoms with E-state index in [2.05, 4.69) is 34.5 Å². The van der Waals surface area contributed by atoms with E-state index in [1.54, 1.807) is 28.0 Å². The Bertz CT molecular complexity index is 1300. The van der Waals surface area contributed by atoms with Crippen molar-refractivity contribution >= 4 is 28.5 Å². The lowest BCUT2D eigenvalue weighted by Gasteiger charge is -2.32. The van der Waals surface area contributed by atoms with Gasteiger partial charge >= 0.3 is 0 Å². The minimum absolute atomic E-state index is 0.0646. The zero-order chi connectivity index (χ0) is 24.8. The van der Waals surface area contributed by atoms with Crippen LogP contribution in [0.1, 0.15) is 37.4 Å². The molecule has 0 aliphatic heterocycles. The highest BCUT2D eigenvalue weighted by Gasteiger charge is 2.34. The summed E-state index contributed by atoms with van der Waals surface area (Å²) in [7, 11) is 0. The summed E-state index contributed by atoms with van der Waals surface area (Å²) in [5.41, 5.74) is 3.64. The van der Waals surface area contributed by atoms with Crippen LogP contribution in [0.4, 0.5) is 5.69 Å². The Kier molecular flexibility index (Phi) is 7.50. The maximum Gasteiger partial charge on any atom is 0.249 e. The van der Waals surface area contributed by atoms with Gasteiger partial charge in [0.05, 0.1) is 5.52 Å². The van der Waals surface area contributed by atoms with Crippen LogP contribution in [0.2, 0.25) is 0 Å². The molecule has 8 heteroatoms. The van der Waals surface area contributed by atoms with Crippen molar-refractivity contribution in [1.29, 1.82) is 0 Å². The number of fused-ring (bicyclic) bond motifs is 1. The van der Waals surface area contributed by atoms with Gasteiger partial charge in [-0.3, -0.25) is 19.5 Å². The van der Waals surface area contributed by atoms with Crippen LogP contribution in [-0.4, -0.2) is 38.3 Å². The van der Waals surface area contributed by atoms with Gasteiger partial charge in [0, 0.05) is 30.2 Å². The molecule has 2 heterocycles. The molecular weight excluding hydrogens is 440 g/mol. The Hall–Kier alpha value is -4.07. The summed E-state index contributed by atoms with van der Waals surface area (Å²) in [6, 6.07) is 17.8. The van der Waals surface area contributed by atoms with E-state index in [-0.39, 0.29) is 18.4 Å². The van der Waals surface area contributed by atoms with Crippen molar-refractivity contribution in [3.63, 3.8) is 0 Å². The minimum Gasteiger partial charge on any atom is -0.354 e. The van der Waals surface area contributed by atoms with Gasteiger partial charge in [-0.15, -0.1) is 5.10 Å². The lowest BCUT2D eigenvalue weighted by atomic mass is 10.0. The molecule has 2 aromatic carbocycles. The number of pyridine rings is 1. The number of aromatic nitrogens is 4. The highest BCUT2D eigenvalue weighted by Crippen LogP contribution is 2.30. The molecule has 0 spiro atoms. The number of nitrogens with one attached hydrogen (secondary N) is 1. The number of hydrogen-bond acceptors (Lipinski definition) is 5. The third-order valence-electron chi connectivity index (χ3n) is 5.88. The van der Waals surface area contributed by atoms with Gasteiger partial charge in [0.1, 0.15) is 18.1 Å². The van der Waals surface area contributed by atoms with Gasteiger partial charge in [-0.05, 0) is 49.1 Å². The van der Waals surface area contributed by atoms with Crippen LogP contribution in [-0.2, 0) is 16.1 Å². The van der Waals surface area contributed by atoms with Crippen LogP contribution in [0.15, 0.2) is 73.1 Å². The van der Waals surface area contributed by atoms with Crippen LogP contribution in [0, 0.1) is 12.8 Å². The molecule has 4 aromatic rings. The lowest BCUT2D eigenvalue weighted by molar-refractivity contribution is -0.127. The van der Waals surface area contributed by atoms with Crippen LogP contribution in [0.3, 0.4) is 0 Å². The number of aryl methyl sites for hydroxylation is 1. The van der Waals surface area contributed by atoms with Crippen molar-refractivity contribution < 1.29 is 9.59 Å². The van der Waals surface area contributed by atoms with Gasteiger partial charge in [-0.2, -0.15) is 0 Å². The predicted octanol–water partition coefficient (Wildman–Crippen LogP) is 4.07. The molecule has 0 bridgehead atoms. The van der Waals surface area contributed by atoms with E-state index >= 15 is 0 Å². The topological polar surface area (TPSA) is 93.0 Å². The number of rotatable bonds is 9. The smallest absolute Gasteiger partial charge is 0.249 e. The first kappa shape index (κ1) is 24.1. The molecule has 0 aliphatic rings. The van der Waals surface area contributed by atoms with Gasteiger partial charge in [-0.25, -0.2) is 4.68 Å². The molecule has 1 atom stereocenters. The van der Waals surface area contributed by atoms with Crippen molar-refractivity contribution in [1.82, 2.24) is 25.3 Å². The minimum atomic E-state index is -0.890. The van der Waals surface area contributed by atoms with Crippen molar-refractivity contribution in [3.05, 3.63) is 84.2 Å². The molecule has 35 heavy (non-hydrogen) atoms. The fourth-order valence-corrected chi connectivity index (χ4v) is 4.03. The number of anilines is 1. The molecule has 1 N–H and O–H groups in total. The largest absolute Gasteiger partial charge is 0.354 e. The Balaban J connectivity index is 1.76. The zero-order valence-corrected chi connectivity index (χ0v) is 20.3. The highest BCUT2D eigenvalue weighted by atomic mass is 16.2. The summed E-state index contributed by atoms with van der Waals surface area (Å²) in [5, 5.41) is 11.4. The first-order chi connectivity index (χ1) is 17.0. The summed E-state index contributed by atoms with van der Waals surface area (Å²) < 4.78 is 1.57. The maximum absolute atomic E-state index is 13.9. The molecule has 0 radical (unpaired) electrons. The quantitative estimate of drug-likeness (QED) is 0.398. The van der Waals surface area contributed by atoms with Crippen molar-refractivity contribution in [2.24, 2.45) is 5.92 Å². The Morgan fingerprint density at radius 1 is 1.03 bits per heavy atom. The monoisotopic (exact) mass is 470 g/mol. The van der Waals surface area contributed by atoms with Crippen molar-refractivity contribution in [2.75, 3.05) is 11.4 Å². The number of nitrogens with zero attached hydrogens (tertiary/aromatic N) is 5. The first-order valence-electron chi connectivity index (χ1n) is 11.8. The van der Waals surface area contributed by atoms with E-state index in [0.29, 0.717) is 29.2 Å². The highest BCUT2D eigenvalue weighted by molar-refractivity contribution is 6.02. The summed E-state index contributed by atoms with van der Waals surface area (Å²) in [6.45, 7) is 6.60. The van der Waals surface area contributed by atoms with Gasteiger partial charge in [0.25, 0.3) is 0 Å². The molecule has 0 unspecified atom stereocenters. The van der Waals surface area contributed by atoms with E-state index in [4.69, 9.17) is 0 Å². The van der Waals surface area contributed by atoms with E-state index in [9.17, 15) is 9.59 Å². The molecule has 0 saturated carbocycles. The maximum atomic E-state index is 13.9. The van der Waals surface area contributed by atoms with Crippen LogP contribution >= 0.6 is 0 Å². The molecule has 2 aromatic heterocycles. The summed E-state index contributed by atoms with van der Waals surface area (Å²) in [6.07, 6.45) is 4.13. The zero-order valence-electron chi connectivity index (χ0n) is 20.3. The molecule has 0 aliphatic carbocycles. The Morgan fingerprint density at radius 3 is 2.54 bits per heavy atom. The molecule has 0 saturated heterocycles. The number of benzene rings is 2. The fraction of sp³-hybridized carbons (Fsp3) is 0.296. The molecule has 8 nitrogen and oxygen atoms in total. The fourth-order valence-electron chi connectivity index (χ4n) is 4.03. The van der Waals surface area contributed by atoms with Crippen LogP contribution in [0.25, 0.3) is 11.0 Å². The van der Waals surface area contributed by atoms with Gasteiger partial charge in [-0.1, -0.05) is 55.5 Å². The average molecular weight is 471 g/mol. The van der Waals surface area contributed by atoms with Crippen molar-refractivity contribution in [3.8, 4) is 0 Å². The first-order valence-corrected chi connectivity index (χ1v) is 11.8. The average Bonchev–Trinajstić information content (AvgIpc) is 3.26. The van der Waals surface area contributed by atoms with Crippen molar-refractivity contribution in [2.45, 2.75) is 39.8 Å². The van der Waals surface area contributed by atoms with E-state index in [1.165, 1.54) is 0 Å². The summed E-state index contributed by atoms with van der Waals surface area (Å²) >= 11 is 0. The van der Waals surface area contributed by atoms with E-state index < -0.39 is 6.04 Å². The number of carbonyl (C=O) groups excluding carboxylic acids is 2. The van der Waals surface area contributed by atoms with E-state index in [1.807, 2.05) is 61.5 Å². The number of amides is 2. The normalized spacial score (nSPS) is 12.0. The SMILES string of the molecule is Cc1ccccc1N(C(=O)Cn1nnc2ccccc21)[C@@H](C(=O)NCCC(C)C)c1cccnc1. The lowest BCUT2D eigenvalue weighted by Crippen LogP contribution is -2.46. The second kappa shape index (κ2) is 10.9. The summed E-state index contributed by atoms with van der Waals surface area (Å²) in [4.78, 5) is 33.3. The van der Waals surface area contributed by atoms with Gasteiger partial charge < -0.3 is 5.32 Å². The molecule has 4 rings (SSSR count). The van der Waals surface area contributed by atoms with E-state index in [0.717, 1.165) is 17.5 Å². The third-order valence-corrected chi connectivity index (χ3v) is 5.88. The number of carbonyl (C=O) groups is 2. The van der Waals surface area contributed by atoms with Crippen LogP contribution < -0.4 is 10.2 Å². The number of hydrogen-bond donors (Lipinski definition) is 1. The molecule has 2 amide bonds. The van der Waals surface area contributed by atoms with Crippen LogP contribution in [0.5, 0.6) is 0 Å². The Morgan fingerprint density at radius 2 is 1.80 bits per heavy atom. The third kappa shape index (κ3) is 5.54. The number of para-hydroxylation sites is 2. The summed E-state index contributed by atoms with van der Waals surface area (Å²) in [5.74, 6) is -0.0802. The Labute approximate surface area is 205 Å². The second-order valence-corrected chi connectivity index (χ2v) is 8.95. The standard InChI is InChI=1S/C27H30N6O2/c1-19(2)14-16-29-27(35)26(21-10-8-15-28-17-21)33(23-12-6-4-9-20(23)3)25(34)18-32-24-13-7-5-11-22(24)30-31-32/h4-13,15,17,19,26H,14,16,18H2,1-3H3,(H,29,35)/t26-/m1/s1. The molecule has 0 fully saturated rings. The molecule has 180 valence electrons. The predicted molar refractivity (Wildman–Crippen MR) is 136 cm³/mol. The van der Waals surface area contributed by atoms with Gasteiger partial charge in [0.15, 0.2) is 0 Å². The second-order valence-electron chi connectivity index (χ2n) is 8.95.